The van der Waals surface area contributed by atoms with Crippen LogP contribution >= 0.6 is 23.5 Å². The maximum atomic E-state index is 4.47. The summed E-state index contributed by atoms with van der Waals surface area (Å²) in [5.41, 5.74) is 2.01. The molecule has 7 heteroatoms. The van der Waals surface area contributed by atoms with E-state index >= 15 is 0 Å². The van der Waals surface area contributed by atoms with Gasteiger partial charge < -0.3 is 4.57 Å². The predicted octanol–water partition coefficient (Wildman–Crippen LogP) is 4.19. The van der Waals surface area contributed by atoms with Crippen LogP contribution in [0.25, 0.3) is 0 Å². The van der Waals surface area contributed by atoms with Crippen LogP contribution < -0.4 is 0 Å². The first-order chi connectivity index (χ1) is 11.6. The van der Waals surface area contributed by atoms with Gasteiger partial charge in [-0.1, -0.05) is 42.8 Å². The predicted molar refractivity (Wildman–Crippen MR) is 99.4 cm³/mol. The minimum Gasteiger partial charge on any atom is -0.308 e. The molecule has 0 aromatic carbocycles. The molecule has 0 N–H and O–H groups in total. The van der Waals surface area contributed by atoms with Crippen molar-refractivity contribution in [2.24, 2.45) is 13.0 Å². The Balaban J connectivity index is 1.56. The number of hydrogen-bond donors (Lipinski definition) is 0. The first-order valence-electron chi connectivity index (χ1n) is 8.58. The van der Waals surface area contributed by atoms with Crippen molar-refractivity contribution >= 4 is 23.5 Å². The lowest BCUT2D eigenvalue weighted by atomic mass is 9.91. The second-order valence-corrected chi connectivity index (χ2v) is 8.42. The van der Waals surface area contributed by atoms with Crippen LogP contribution in [0.1, 0.15) is 49.3 Å². The monoisotopic (exact) mass is 363 g/mol. The lowest BCUT2D eigenvalue weighted by molar-refractivity contribution is 0.390. The van der Waals surface area contributed by atoms with Gasteiger partial charge in [0.2, 0.25) is 0 Å². The third-order valence-corrected chi connectivity index (χ3v) is 6.49. The highest BCUT2D eigenvalue weighted by Gasteiger charge is 2.16. The first kappa shape index (κ1) is 17.7. The van der Waals surface area contributed by atoms with Gasteiger partial charge in [0.15, 0.2) is 10.3 Å². The highest BCUT2D eigenvalue weighted by molar-refractivity contribution is 7.99. The van der Waals surface area contributed by atoms with E-state index < -0.39 is 0 Å². The fourth-order valence-corrected chi connectivity index (χ4v) is 5.07. The van der Waals surface area contributed by atoms with Crippen molar-refractivity contribution in [2.45, 2.75) is 62.0 Å². The molecule has 0 unspecified atom stereocenters. The van der Waals surface area contributed by atoms with E-state index in [4.69, 9.17) is 0 Å². The number of rotatable bonds is 6. The third kappa shape index (κ3) is 4.72. The van der Waals surface area contributed by atoms with Gasteiger partial charge in [-0.3, -0.25) is 0 Å². The summed E-state index contributed by atoms with van der Waals surface area (Å²) in [6.45, 7) is 4.00. The summed E-state index contributed by atoms with van der Waals surface area (Å²) >= 11 is 3.47. The fraction of sp³-hybridized carbons (Fsp3) is 0.647. The molecule has 5 nitrogen and oxygen atoms in total. The van der Waals surface area contributed by atoms with Gasteiger partial charge in [0, 0.05) is 24.2 Å². The molecule has 2 aromatic rings. The zero-order valence-corrected chi connectivity index (χ0v) is 16.3. The molecule has 0 radical (unpaired) electrons. The smallest absolute Gasteiger partial charge is 0.190 e. The SMILES string of the molecule is Cc1cc(C)nc(SCc2nnc(SCC3CCCCC3)n2C)n1. The van der Waals surface area contributed by atoms with Gasteiger partial charge >= 0.3 is 0 Å². The summed E-state index contributed by atoms with van der Waals surface area (Å²) in [4.78, 5) is 8.94. The highest BCUT2D eigenvalue weighted by Crippen LogP contribution is 2.29. The van der Waals surface area contributed by atoms with Gasteiger partial charge in [0.1, 0.15) is 5.82 Å². The average Bonchev–Trinajstić information content (AvgIpc) is 2.91. The molecule has 1 fully saturated rings. The Morgan fingerprint density at radius 3 is 2.46 bits per heavy atom. The van der Waals surface area contributed by atoms with Crippen molar-refractivity contribution in [1.29, 1.82) is 0 Å². The topological polar surface area (TPSA) is 56.5 Å². The lowest BCUT2D eigenvalue weighted by Gasteiger charge is -2.20. The molecule has 0 amide bonds. The van der Waals surface area contributed by atoms with E-state index in [0.717, 1.165) is 39.2 Å². The van der Waals surface area contributed by atoms with E-state index in [1.54, 1.807) is 11.8 Å². The van der Waals surface area contributed by atoms with Crippen LogP contribution in [0, 0.1) is 19.8 Å². The number of aryl methyl sites for hydroxylation is 2. The standard InChI is InChI=1S/C17H25N5S2/c1-12-9-13(2)19-16(18-12)23-11-15-20-21-17(22(15)3)24-10-14-7-5-4-6-8-14/h9,14H,4-8,10-11H2,1-3H3. The van der Waals surface area contributed by atoms with Gasteiger partial charge in [0.25, 0.3) is 0 Å². The second kappa shape index (κ2) is 8.34. The molecule has 0 atom stereocenters. The Morgan fingerprint density at radius 1 is 1.04 bits per heavy atom. The van der Waals surface area contributed by atoms with Gasteiger partial charge in [-0.05, 0) is 38.7 Å². The van der Waals surface area contributed by atoms with Crippen molar-refractivity contribution in [3.63, 3.8) is 0 Å². The quantitative estimate of drug-likeness (QED) is 0.567. The third-order valence-electron chi connectivity index (χ3n) is 4.39. The van der Waals surface area contributed by atoms with E-state index in [2.05, 4.69) is 31.8 Å². The molecule has 1 saturated carbocycles. The molecule has 2 aromatic heterocycles. The molecular formula is C17H25N5S2. The van der Waals surface area contributed by atoms with Gasteiger partial charge in [-0.25, -0.2) is 9.97 Å². The van der Waals surface area contributed by atoms with Crippen LogP contribution in [0.3, 0.4) is 0 Å². The maximum Gasteiger partial charge on any atom is 0.190 e. The maximum absolute atomic E-state index is 4.47. The molecule has 0 spiro atoms. The zero-order valence-electron chi connectivity index (χ0n) is 14.7. The molecule has 0 aliphatic heterocycles. The molecule has 1 aliphatic carbocycles. The molecule has 2 heterocycles. The summed E-state index contributed by atoms with van der Waals surface area (Å²) in [6.07, 6.45) is 6.94. The molecule has 1 aliphatic rings. The largest absolute Gasteiger partial charge is 0.308 e. The summed E-state index contributed by atoms with van der Waals surface area (Å²) in [5.74, 6) is 3.74. The fourth-order valence-electron chi connectivity index (χ4n) is 3.03. The van der Waals surface area contributed by atoms with Crippen molar-refractivity contribution < 1.29 is 0 Å². The van der Waals surface area contributed by atoms with E-state index in [9.17, 15) is 0 Å². The minimum absolute atomic E-state index is 0.746. The molecule has 0 bridgehead atoms. The summed E-state index contributed by atoms with van der Waals surface area (Å²) in [7, 11) is 2.06. The highest BCUT2D eigenvalue weighted by atomic mass is 32.2. The Kier molecular flexibility index (Phi) is 6.16. The molecule has 130 valence electrons. The minimum atomic E-state index is 0.746. The normalized spacial score (nSPS) is 15.8. The Bertz CT molecular complexity index is 659. The van der Waals surface area contributed by atoms with Crippen molar-refractivity contribution in [3.8, 4) is 0 Å². The van der Waals surface area contributed by atoms with E-state index in [0.29, 0.717) is 0 Å². The second-order valence-electron chi connectivity index (χ2n) is 6.49. The molecule has 0 saturated heterocycles. The van der Waals surface area contributed by atoms with Crippen LogP contribution in [-0.2, 0) is 12.8 Å². The van der Waals surface area contributed by atoms with E-state index in [-0.39, 0.29) is 0 Å². The Hall–Kier alpha value is -1.08. The van der Waals surface area contributed by atoms with E-state index in [1.165, 1.54) is 37.9 Å². The summed E-state index contributed by atoms with van der Waals surface area (Å²) < 4.78 is 2.11. The molecule has 24 heavy (non-hydrogen) atoms. The average molecular weight is 364 g/mol. The summed E-state index contributed by atoms with van der Waals surface area (Å²) in [5, 5.41) is 10.6. The molecule has 3 rings (SSSR count). The Labute approximate surface area is 152 Å². The number of nitrogens with zero attached hydrogens (tertiary/aromatic N) is 5. The number of aromatic nitrogens is 5. The van der Waals surface area contributed by atoms with Crippen LogP contribution in [-0.4, -0.2) is 30.5 Å². The van der Waals surface area contributed by atoms with Crippen LogP contribution in [0.4, 0.5) is 0 Å². The van der Waals surface area contributed by atoms with Crippen molar-refractivity contribution in [2.75, 3.05) is 5.75 Å². The number of thioether (sulfide) groups is 2. The van der Waals surface area contributed by atoms with Gasteiger partial charge in [0.05, 0.1) is 5.75 Å². The van der Waals surface area contributed by atoms with Crippen LogP contribution in [0.15, 0.2) is 16.4 Å². The Morgan fingerprint density at radius 2 is 1.75 bits per heavy atom. The first-order valence-corrected chi connectivity index (χ1v) is 10.5. The van der Waals surface area contributed by atoms with Gasteiger partial charge in [-0.2, -0.15) is 0 Å². The van der Waals surface area contributed by atoms with Crippen molar-refractivity contribution in [3.05, 3.63) is 23.3 Å². The molecular weight excluding hydrogens is 338 g/mol. The van der Waals surface area contributed by atoms with Crippen LogP contribution in [0.5, 0.6) is 0 Å². The van der Waals surface area contributed by atoms with Crippen LogP contribution in [0.2, 0.25) is 0 Å². The van der Waals surface area contributed by atoms with E-state index in [1.807, 2.05) is 31.7 Å². The van der Waals surface area contributed by atoms with Crippen molar-refractivity contribution in [1.82, 2.24) is 24.7 Å². The number of hydrogen-bond acceptors (Lipinski definition) is 6. The summed E-state index contributed by atoms with van der Waals surface area (Å²) in [6, 6.07) is 1.99. The van der Waals surface area contributed by atoms with Gasteiger partial charge in [-0.15, -0.1) is 10.2 Å². The zero-order chi connectivity index (χ0) is 16.9. The lowest BCUT2D eigenvalue weighted by Crippen LogP contribution is -2.09.